The van der Waals surface area contributed by atoms with Gasteiger partial charge in [0.05, 0.1) is 42.8 Å². The summed E-state index contributed by atoms with van der Waals surface area (Å²) >= 11 is 1.31. The zero-order valence-corrected chi connectivity index (χ0v) is 24.7. The lowest BCUT2D eigenvalue weighted by atomic mass is 10.1. The second-order valence-electron chi connectivity index (χ2n) is 10.4. The van der Waals surface area contributed by atoms with E-state index in [-0.39, 0.29) is 11.7 Å². The number of pyridine rings is 1. The smallest absolute Gasteiger partial charge is 0.268 e. The van der Waals surface area contributed by atoms with Gasteiger partial charge in [-0.05, 0) is 55.5 Å². The second-order valence-corrected chi connectivity index (χ2v) is 11.4. The lowest BCUT2D eigenvalue weighted by Gasteiger charge is -2.26. The van der Waals surface area contributed by atoms with Crippen molar-refractivity contribution in [1.82, 2.24) is 39.0 Å². The van der Waals surface area contributed by atoms with Gasteiger partial charge in [-0.15, -0.1) is 11.3 Å². The molecule has 0 bridgehead atoms. The van der Waals surface area contributed by atoms with Gasteiger partial charge in [0.1, 0.15) is 21.4 Å². The maximum absolute atomic E-state index is 13.7. The zero-order chi connectivity index (χ0) is 30.0. The first-order chi connectivity index (χ1) is 21.5. The summed E-state index contributed by atoms with van der Waals surface area (Å²) in [5, 5.41) is 8.48. The van der Waals surface area contributed by atoms with Crippen LogP contribution in [0.4, 0.5) is 10.2 Å². The molecule has 1 N–H and O–H groups in total. The highest BCUT2D eigenvalue weighted by molar-refractivity contribution is 7.17. The van der Waals surface area contributed by atoms with E-state index in [2.05, 4.69) is 29.7 Å². The lowest BCUT2D eigenvalue weighted by molar-refractivity contribution is 0.0364. The summed E-state index contributed by atoms with van der Waals surface area (Å²) in [7, 11) is 0. The van der Waals surface area contributed by atoms with Crippen molar-refractivity contribution in [2.75, 3.05) is 38.2 Å². The summed E-state index contributed by atoms with van der Waals surface area (Å²) in [5.74, 6) is -0.232. The number of thiazole rings is 1. The topological polar surface area (TPSA) is 115 Å². The van der Waals surface area contributed by atoms with E-state index in [1.54, 1.807) is 41.6 Å². The Balaban J connectivity index is 1.17. The number of aromatic nitrogens is 7. The molecule has 7 rings (SSSR count). The Kier molecular flexibility index (Phi) is 7.64. The van der Waals surface area contributed by atoms with Gasteiger partial charge >= 0.3 is 0 Å². The largest absolute Gasteiger partial charge is 0.379 e. The van der Waals surface area contributed by atoms with Gasteiger partial charge in [-0.2, -0.15) is 5.10 Å². The molecule has 222 valence electrons. The number of imidazole rings is 2. The maximum Gasteiger partial charge on any atom is 0.268 e. The first-order valence-corrected chi connectivity index (χ1v) is 15.0. The van der Waals surface area contributed by atoms with Crippen molar-refractivity contribution in [3.05, 3.63) is 89.8 Å². The van der Waals surface area contributed by atoms with Gasteiger partial charge in [0, 0.05) is 49.7 Å². The van der Waals surface area contributed by atoms with Crippen LogP contribution in [0.25, 0.3) is 38.9 Å². The Morgan fingerprint density at radius 3 is 2.68 bits per heavy atom. The van der Waals surface area contributed by atoms with Crippen molar-refractivity contribution in [3.8, 4) is 33.2 Å². The summed E-state index contributed by atoms with van der Waals surface area (Å²) < 4.78 is 22.9. The SMILES string of the molecule is Cc1nc(-c2cccnc2)sc1C(=O)Nc1cn2nc(-c3c(-c4ccc(F)cc4)ncn3CCN3CCOCC3)ccc2n1. The van der Waals surface area contributed by atoms with Crippen LogP contribution < -0.4 is 5.32 Å². The quantitative estimate of drug-likeness (QED) is 0.262. The fourth-order valence-corrected chi connectivity index (χ4v) is 6.13. The van der Waals surface area contributed by atoms with E-state index in [0.717, 1.165) is 54.7 Å². The van der Waals surface area contributed by atoms with Crippen LogP contribution in [0.5, 0.6) is 0 Å². The number of nitrogens with one attached hydrogen (secondary N) is 1. The Morgan fingerprint density at radius 2 is 1.89 bits per heavy atom. The molecule has 0 atom stereocenters. The Bertz CT molecular complexity index is 1930. The number of benzene rings is 1. The van der Waals surface area contributed by atoms with Crippen molar-refractivity contribution in [2.45, 2.75) is 13.5 Å². The van der Waals surface area contributed by atoms with Crippen molar-refractivity contribution in [3.63, 3.8) is 0 Å². The molecule has 1 aliphatic rings. The second kappa shape index (κ2) is 12.0. The number of rotatable bonds is 8. The average molecular weight is 610 g/mol. The monoisotopic (exact) mass is 609 g/mol. The van der Waals surface area contributed by atoms with Crippen LogP contribution in [0.15, 0.2) is 73.4 Å². The van der Waals surface area contributed by atoms with E-state index in [1.807, 2.05) is 31.2 Å². The first kappa shape index (κ1) is 28.0. The third-order valence-electron chi connectivity index (χ3n) is 7.43. The zero-order valence-electron chi connectivity index (χ0n) is 23.9. The predicted molar refractivity (Wildman–Crippen MR) is 165 cm³/mol. The number of carbonyl (C=O) groups is 1. The number of hydrogen-bond donors (Lipinski definition) is 1. The molecule has 13 heteroatoms. The molecule has 0 unspecified atom stereocenters. The predicted octanol–water partition coefficient (Wildman–Crippen LogP) is 4.81. The van der Waals surface area contributed by atoms with Crippen LogP contribution >= 0.6 is 11.3 Å². The lowest BCUT2D eigenvalue weighted by Crippen LogP contribution is -2.38. The van der Waals surface area contributed by atoms with Crippen molar-refractivity contribution >= 4 is 28.7 Å². The van der Waals surface area contributed by atoms with Crippen LogP contribution in [-0.4, -0.2) is 77.8 Å². The molecule has 0 aliphatic carbocycles. The molecule has 6 aromatic rings. The molecule has 44 heavy (non-hydrogen) atoms. The van der Waals surface area contributed by atoms with Gasteiger partial charge in [0.15, 0.2) is 11.5 Å². The fourth-order valence-electron chi connectivity index (χ4n) is 5.17. The molecule has 1 saturated heterocycles. The standard InChI is InChI=1S/C31H28FN9O2S/c1-20-29(44-31(35-20)22-3-2-10-33-17-22)30(42)37-25-18-41-26(36-25)9-8-24(38-41)28-27(21-4-6-23(32)7-5-21)34-19-40(28)12-11-39-13-15-43-16-14-39/h2-10,17-19H,11-16H2,1H3,(H,37,42). The van der Waals surface area contributed by atoms with Crippen LogP contribution in [0.2, 0.25) is 0 Å². The third-order valence-corrected chi connectivity index (χ3v) is 8.64. The molecule has 1 aliphatic heterocycles. The number of halogens is 1. The van der Waals surface area contributed by atoms with Crippen molar-refractivity contribution in [1.29, 1.82) is 0 Å². The average Bonchev–Trinajstić information content (AvgIpc) is 3.77. The number of aryl methyl sites for hydroxylation is 1. The van der Waals surface area contributed by atoms with E-state index >= 15 is 0 Å². The number of anilines is 1. The van der Waals surface area contributed by atoms with Gasteiger partial charge in [0.2, 0.25) is 0 Å². The van der Waals surface area contributed by atoms with Gasteiger partial charge < -0.3 is 14.6 Å². The van der Waals surface area contributed by atoms with Crippen LogP contribution in [0.1, 0.15) is 15.4 Å². The first-order valence-electron chi connectivity index (χ1n) is 14.2. The number of amides is 1. The molecular weight excluding hydrogens is 581 g/mol. The fraction of sp³-hybridized carbons (Fsp3) is 0.226. The molecule has 0 spiro atoms. The normalized spacial score (nSPS) is 13.9. The van der Waals surface area contributed by atoms with E-state index in [0.29, 0.717) is 40.0 Å². The van der Waals surface area contributed by atoms with Crippen molar-refractivity contribution in [2.24, 2.45) is 0 Å². The molecule has 0 saturated carbocycles. The number of ether oxygens (including phenoxy) is 1. The Labute approximate surface area is 256 Å². The Morgan fingerprint density at radius 1 is 1.05 bits per heavy atom. The van der Waals surface area contributed by atoms with Gasteiger partial charge in [0.25, 0.3) is 5.91 Å². The third kappa shape index (κ3) is 5.72. The van der Waals surface area contributed by atoms with Gasteiger partial charge in [-0.1, -0.05) is 0 Å². The highest BCUT2D eigenvalue weighted by atomic mass is 32.1. The van der Waals surface area contributed by atoms with E-state index in [9.17, 15) is 9.18 Å². The minimum Gasteiger partial charge on any atom is -0.379 e. The maximum atomic E-state index is 13.7. The highest BCUT2D eigenvalue weighted by Crippen LogP contribution is 2.31. The number of fused-ring (bicyclic) bond motifs is 1. The molecule has 6 heterocycles. The molecule has 5 aromatic heterocycles. The summed E-state index contributed by atoms with van der Waals surface area (Å²) in [6, 6.07) is 13.8. The van der Waals surface area contributed by atoms with E-state index < -0.39 is 0 Å². The molecular formula is C31H28FN9O2S. The summed E-state index contributed by atoms with van der Waals surface area (Å²) in [4.78, 5) is 34.0. The summed E-state index contributed by atoms with van der Waals surface area (Å²) in [5.41, 5.74) is 5.04. The minimum atomic E-state index is -0.309. The summed E-state index contributed by atoms with van der Waals surface area (Å²) in [6.07, 6.45) is 6.91. The molecule has 0 radical (unpaired) electrons. The van der Waals surface area contributed by atoms with Gasteiger partial charge in [-0.25, -0.2) is 23.9 Å². The number of morpholine rings is 1. The molecule has 1 fully saturated rings. The molecule has 11 nitrogen and oxygen atoms in total. The Hall–Kier alpha value is -4.85. The molecule has 1 aromatic carbocycles. The van der Waals surface area contributed by atoms with Crippen molar-refractivity contribution < 1.29 is 13.9 Å². The highest BCUT2D eigenvalue weighted by Gasteiger charge is 2.21. The number of carbonyl (C=O) groups excluding carboxylic acids is 1. The van der Waals surface area contributed by atoms with Crippen LogP contribution in [0.3, 0.4) is 0 Å². The summed E-state index contributed by atoms with van der Waals surface area (Å²) in [6.45, 7) is 6.56. The number of nitrogens with zero attached hydrogens (tertiary/aromatic N) is 8. The molecule has 1 amide bonds. The number of hydrogen-bond acceptors (Lipinski definition) is 9. The van der Waals surface area contributed by atoms with E-state index in [1.165, 1.54) is 23.5 Å². The minimum absolute atomic E-state index is 0.293. The van der Waals surface area contributed by atoms with E-state index in [4.69, 9.17) is 14.8 Å². The van der Waals surface area contributed by atoms with Gasteiger partial charge in [-0.3, -0.25) is 14.7 Å². The van der Waals surface area contributed by atoms with Crippen LogP contribution in [0, 0.1) is 12.7 Å². The van der Waals surface area contributed by atoms with Crippen LogP contribution in [-0.2, 0) is 11.3 Å².